The lowest BCUT2D eigenvalue weighted by Crippen LogP contribution is -2.70. The number of carbonyl (C=O) groups excluding carboxylic acids is 1. The molecular weight excluding hydrogens is 615 g/mol. The van der Waals surface area contributed by atoms with Crippen molar-refractivity contribution in [2.75, 3.05) is 50.0 Å². The van der Waals surface area contributed by atoms with Crippen LogP contribution in [0, 0.1) is 17.5 Å². The lowest BCUT2D eigenvalue weighted by molar-refractivity contribution is -0.214. The molecule has 5 heterocycles. The van der Waals surface area contributed by atoms with Crippen LogP contribution in [0.5, 0.6) is 0 Å². The van der Waals surface area contributed by atoms with E-state index in [0.29, 0.717) is 77.7 Å². The molecule has 8 nitrogen and oxygen atoms in total. The molecule has 0 radical (unpaired) electrons. The zero-order valence-corrected chi connectivity index (χ0v) is 25.6. The number of aromatic nitrogens is 2. The molecule has 0 N–H and O–H groups in total. The number of nitrogens with zero attached hydrogens (tertiary/aromatic N) is 5. The van der Waals surface area contributed by atoms with E-state index >= 15 is 8.78 Å². The summed E-state index contributed by atoms with van der Waals surface area (Å²) in [7, 11) is 0. The van der Waals surface area contributed by atoms with Crippen LogP contribution in [0.25, 0.3) is 22.0 Å². The molecule has 1 amide bonds. The van der Waals surface area contributed by atoms with Crippen LogP contribution < -0.4 is 10.6 Å². The van der Waals surface area contributed by atoms with Gasteiger partial charge in [0.15, 0.2) is 0 Å². The maximum Gasteiger partial charge on any atom is 0.350 e. The Morgan fingerprint density at radius 2 is 1.95 bits per heavy atom. The molecule has 1 aromatic heterocycles. The number of hydrogen-bond acceptors (Lipinski definition) is 7. The number of morpholine rings is 1. The molecule has 232 valence electrons. The molecule has 4 atom stereocenters. The van der Waals surface area contributed by atoms with Crippen LogP contribution >= 0.6 is 23.4 Å². The maximum absolute atomic E-state index is 15.2. The van der Waals surface area contributed by atoms with Crippen molar-refractivity contribution in [2.24, 2.45) is 0 Å². The average molecular weight is 646 g/mol. The minimum Gasteiger partial charge on any atom is -0.373 e. The fourth-order valence-electron chi connectivity index (χ4n) is 6.96. The largest absolute Gasteiger partial charge is 0.373 e. The van der Waals surface area contributed by atoms with Gasteiger partial charge in [-0.3, -0.25) is 14.3 Å². The Morgan fingerprint density at radius 3 is 2.59 bits per heavy atom. The van der Waals surface area contributed by atoms with Gasteiger partial charge in [-0.2, -0.15) is 4.98 Å². The minimum absolute atomic E-state index is 0.0688. The first kappa shape index (κ1) is 29.6. The second-order valence-electron chi connectivity index (χ2n) is 11.9. The Morgan fingerprint density at radius 1 is 1.18 bits per heavy atom. The van der Waals surface area contributed by atoms with Gasteiger partial charge < -0.3 is 14.5 Å². The van der Waals surface area contributed by atoms with Gasteiger partial charge in [-0.1, -0.05) is 18.2 Å². The van der Waals surface area contributed by atoms with Crippen LogP contribution in [0.3, 0.4) is 0 Å². The van der Waals surface area contributed by atoms with Crippen molar-refractivity contribution < 1.29 is 22.7 Å². The number of likely N-dealkylation sites (tertiary alicyclic amines) is 1. The molecule has 13 heteroatoms. The molecule has 0 saturated carbocycles. The highest BCUT2D eigenvalue weighted by molar-refractivity contribution is 7.99. The second-order valence-corrected chi connectivity index (χ2v) is 13.3. The summed E-state index contributed by atoms with van der Waals surface area (Å²) < 4.78 is 51.4. The Hall–Kier alpha value is -3.06. The summed E-state index contributed by atoms with van der Waals surface area (Å²) >= 11 is 8.20. The third-order valence-electron chi connectivity index (χ3n) is 9.30. The van der Waals surface area contributed by atoms with Gasteiger partial charge >= 0.3 is 5.69 Å². The lowest BCUT2D eigenvalue weighted by Gasteiger charge is -2.55. The quantitative estimate of drug-likeness (QED) is 0.340. The summed E-state index contributed by atoms with van der Waals surface area (Å²) in [5, 5.41) is 0.653. The van der Waals surface area contributed by atoms with Crippen molar-refractivity contribution in [3.63, 3.8) is 0 Å². The number of halogens is 4. The highest BCUT2D eigenvalue weighted by Crippen LogP contribution is 2.49. The summed E-state index contributed by atoms with van der Waals surface area (Å²) in [4.78, 5) is 37.3. The van der Waals surface area contributed by atoms with Gasteiger partial charge in [0.2, 0.25) is 5.91 Å². The van der Waals surface area contributed by atoms with Crippen molar-refractivity contribution in [1.82, 2.24) is 19.4 Å². The van der Waals surface area contributed by atoms with Crippen LogP contribution in [-0.2, 0) is 9.53 Å². The highest BCUT2D eigenvalue weighted by atomic mass is 35.5. The van der Waals surface area contributed by atoms with E-state index < -0.39 is 28.7 Å². The molecule has 44 heavy (non-hydrogen) atoms. The summed E-state index contributed by atoms with van der Waals surface area (Å²) in [5.74, 6) is -2.46. The number of hydrogen-bond donors (Lipinski definition) is 0. The number of fused-ring (bicyclic) bond motifs is 1. The van der Waals surface area contributed by atoms with Crippen LogP contribution in [0.4, 0.5) is 19.0 Å². The van der Waals surface area contributed by atoms with Gasteiger partial charge in [0, 0.05) is 72.0 Å². The first-order chi connectivity index (χ1) is 21.2. The number of piperazine rings is 1. The van der Waals surface area contributed by atoms with Crippen molar-refractivity contribution >= 4 is 46.0 Å². The lowest BCUT2D eigenvalue weighted by atomic mass is 9.94. The number of amides is 1. The van der Waals surface area contributed by atoms with Crippen LogP contribution in [-0.4, -0.2) is 88.5 Å². The van der Waals surface area contributed by atoms with Crippen LogP contribution in [0.1, 0.15) is 25.8 Å². The molecule has 3 fully saturated rings. The van der Waals surface area contributed by atoms with Crippen molar-refractivity contribution in [2.45, 2.75) is 48.9 Å². The van der Waals surface area contributed by atoms with Gasteiger partial charge in [0.1, 0.15) is 23.3 Å². The Labute approximate surface area is 261 Å². The Kier molecular flexibility index (Phi) is 7.67. The molecule has 0 bridgehead atoms. The van der Waals surface area contributed by atoms with E-state index in [1.54, 1.807) is 15.5 Å². The van der Waals surface area contributed by atoms with Gasteiger partial charge in [-0.15, -0.1) is 11.8 Å². The number of thioether (sulfide) groups is 1. The molecule has 3 aromatic rings. The van der Waals surface area contributed by atoms with E-state index in [1.807, 2.05) is 11.8 Å². The number of anilines is 1. The van der Waals surface area contributed by atoms with Crippen molar-refractivity contribution in [1.29, 1.82) is 0 Å². The van der Waals surface area contributed by atoms with E-state index in [4.69, 9.17) is 16.3 Å². The van der Waals surface area contributed by atoms with Gasteiger partial charge in [0.05, 0.1) is 34.9 Å². The third kappa shape index (κ3) is 4.81. The molecule has 2 unspecified atom stereocenters. The smallest absolute Gasteiger partial charge is 0.350 e. The van der Waals surface area contributed by atoms with Gasteiger partial charge in [-0.25, -0.2) is 18.0 Å². The summed E-state index contributed by atoms with van der Waals surface area (Å²) in [6, 6.07) is 2.97. The third-order valence-corrected chi connectivity index (χ3v) is 10.8. The summed E-state index contributed by atoms with van der Waals surface area (Å²) in [6.45, 7) is 9.34. The molecular formula is C31H31ClF3N5O3S. The minimum atomic E-state index is -1.07. The SMILES string of the molecule is C=CC(=O)N1CCN(c2nc(=O)n3c4c(c(-c5c(F)cc(F)cc5F)c(Cl)cc24)SC[C@H]3CCCN2CC3OCC32)[C@@H](C)C1. The summed E-state index contributed by atoms with van der Waals surface area (Å²) in [6.07, 6.45) is 3.20. The zero-order chi connectivity index (χ0) is 30.9. The number of carbonyl (C=O) groups is 1. The molecule has 4 aliphatic rings. The first-order valence-corrected chi connectivity index (χ1v) is 16.1. The molecule has 7 rings (SSSR count). The second kappa shape index (κ2) is 11.4. The fraction of sp³-hybridized carbons (Fsp3) is 0.452. The zero-order valence-electron chi connectivity index (χ0n) is 24.1. The van der Waals surface area contributed by atoms with E-state index in [1.165, 1.54) is 17.8 Å². The maximum atomic E-state index is 15.2. The predicted octanol–water partition coefficient (Wildman–Crippen LogP) is 4.87. The van der Waals surface area contributed by atoms with Gasteiger partial charge in [-0.05, 0) is 38.5 Å². The number of benzene rings is 2. The van der Waals surface area contributed by atoms with Gasteiger partial charge in [0.25, 0.3) is 0 Å². The monoisotopic (exact) mass is 645 g/mol. The highest BCUT2D eigenvalue weighted by Gasteiger charge is 2.46. The van der Waals surface area contributed by atoms with E-state index in [9.17, 15) is 14.0 Å². The average Bonchev–Trinajstić information content (AvgIpc) is 2.97. The van der Waals surface area contributed by atoms with Crippen molar-refractivity contribution in [3.05, 3.63) is 63.8 Å². The predicted molar refractivity (Wildman–Crippen MR) is 164 cm³/mol. The standard InChI is InChI=1S/C31H31ClF3N5O3S/c1-3-25(41)38-7-8-39(16(2)12-38)30-19-11-20(32)26(27-21(34)9-17(33)10-22(27)35)29-28(19)40(31(42)36-30)18(15-44-29)5-4-6-37-13-24-23(37)14-43-24/h3,9-11,16,18,23-24H,1,4-8,12-15H2,2H3/t16-,18+,23?,24?/m0/s1. The number of ether oxygens (including phenoxy) is 1. The van der Waals surface area contributed by atoms with E-state index in [-0.39, 0.29) is 28.6 Å². The Bertz CT molecular complexity index is 1730. The van der Waals surface area contributed by atoms with E-state index in [2.05, 4.69) is 16.5 Å². The molecule has 2 aromatic carbocycles. The van der Waals surface area contributed by atoms with Crippen molar-refractivity contribution in [3.8, 4) is 11.1 Å². The Balaban J connectivity index is 1.33. The normalized spacial score (nSPS) is 24.6. The molecule has 0 spiro atoms. The summed E-state index contributed by atoms with van der Waals surface area (Å²) in [5.41, 5.74) is -0.289. The molecule has 3 saturated heterocycles. The first-order valence-electron chi connectivity index (χ1n) is 14.8. The fourth-order valence-corrected chi connectivity index (χ4v) is 8.69. The topological polar surface area (TPSA) is 70.9 Å². The van der Waals surface area contributed by atoms with Crippen LogP contribution in [0.2, 0.25) is 5.02 Å². The van der Waals surface area contributed by atoms with Crippen LogP contribution in [0.15, 0.2) is 40.5 Å². The van der Waals surface area contributed by atoms with E-state index in [0.717, 1.165) is 26.1 Å². The number of rotatable bonds is 7. The molecule has 0 aliphatic carbocycles. The molecule has 4 aliphatic heterocycles.